The summed E-state index contributed by atoms with van der Waals surface area (Å²) in [5, 5.41) is 0. The fourth-order valence-electron chi connectivity index (χ4n) is 1.99. The second-order valence-corrected chi connectivity index (χ2v) is 4.58. The number of hydrogen-bond acceptors (Lipinski definition) is 3. The molecule has 86 valence electrons. The minimum Gasteiger partial charge on any atom is -0.491 e. The Morgan fingerprint density at radius 1 is 1.38 bits per heavy atom. The highest BCUT2D eigenvalue weighted by molar-refractivity contribution is 5.45. The summed E-state index contributed by atoms with van der Waals surface area (Å²) in [4.78, 5) is 0. The van der Waals surface area contributed by atoms with Crippen LogP contribution in [0.25, 0.3) is 0 Å². The van der Waals surface area contributed by atoms with Crippen LogP contribution in [-0.4, -0.2) is 25.4 Å². The van der Waals surface area contributed by atoms with E-state index in [1.807, 2.05) is 12.1 Å². The van der Waals surface area contributed by atoms with E-state index in [1.165, 1.54) is 5.56 Å². The zero-order valence-electron chi connectivity index (χ0n) is 9.60. The van der Waals surface area contributed by atoms with Crippen molar-refractivity contribution in [1.29, 1.82) is 0 Å². The van der Waals surface area contributed by atoms with Crippen molar-refractivity contribution in [2.24, 2.45) is 0 Å². The molecule has 3 nitrogen and oxygen atoms in total. The largest absolute Gasteiger partial charge is 0.491 e. The van der Waals surface area contributed by atoms with E-state index in [0.717, 1.165) is 18.1 Å². The van der Waals surface area contributed by atoms with Crippen LogP contribution in [0.5, 0.6) is 11.5 Å². The van der Waals surface area contributed by atoms with Gasteiger partial charge in [-0.25, -0.2) is 0 Å². The molecule has 1 aromatic carbocycles. The van der Waals surface area contributed by atoms with E-state index in [-0.39, 0.29) is 6.10 Å². The molecule has 0 aliphatic carbocycles. The summed E-state index contributed by atoms with van der Waals surface area (Å²) in [6, 6.07) is 6.10. The van der Waals surface area contributed by atoms with E-state index in [2.05, 4.69) is 19.9 Å². The molecule has 2 aliphatic rings. The van der Waals surface area contributed by atoms with E-state index in [4.69, 9.17) is 14.2 Å². The Morgan fingerprint density at radius 3 is 2.94 bits per heavy atom. The first-order chi connectivity index (χ1) is 7.74. The van der Waals surface area contributed by atoms with Crippen LogP contribution in [0.4, 0.5) is 0 Å². The summed E-state index contributed by atoms with van der Waals surface area (Å²) >= 11 is 0. The van der Waals surface area contributed by atoms with Gasteiger partial charge in [0, 0.05) is 17.5 Å². The van der Waals surface area contributed by atoms with Crippen molar-refractivity contribution in [2.75, 3.05) is 13.2 Å². The molecule has 0 aromatic heterocycles. The molecule has 1 aromatic rings. The lowest BCUT2D eigenvalue weighted by molar-refractivity contribution is 0.230. The fourth-order valence-corrected chi connectivity index (χ4v) is 1.99. The zero-order chi connectivity index (χ0) is 11.1. The minimum absolute atomic E-state index is 0.261. The fraction of sp³-hybridized carbons (Fsp3) is 0.538. The lowest BCUT2D eigenvalue weighted by Gasteiger charge is -2.07. The summed E-state index contributed by atoms with van der Waals surface area (Å²) in [5.74, 6) is 2.31. The third kappa shape index (κ3) is 1.76. The zero-order valence-corrected chi connectivity index (χ0v) is 9.60. The van der Waals surface area contributed by atoms with Gasteiger partial charge < -0.3 is 14.2 Å². The summed E-state index contributed by atoms with van der Waals surface area (Å²) in [6.07, 6.45) is 0.559. The summed E-state index contributed by atoms with van der Waals surface area (Å²) in [5.41, 5.74) is 1.28. The molecule has 0 spiro atoms. The molecular weight excluding hydrogens is 204 g/mol. The average molecular weight is 220 g/mol. The van der Waals surface area contributed by atoms with Crippen LogP contribution in [0.15, 0.2) is 18.2 Å². The first-order valence-electron chi connectivity index (χ1n) is 5.79. The van der Waals surface area contributed by atoms with Crippen LogP contribution in [0.3, 0.4) is 0 Å². The highest BCUT2D eigenvalue weighted by Gasteiger charge is 2.28. The van der Waals surface area contributed by atoms with Gasteiger partial charge in [-0.2, -0.15) is 0 Å². The molecule has 0 bridgehead atoms. The Bertz CT molecular complexity index is 398. The SMILES string of the molecule is CC1Oc2cc(OCC3CO3)ccc2C1C. The molecule has 3 unspecified atom stereocenters. The van der Waals surface area contributed by atoms with E-state index in [9.17, 15) is 0 Å². The topological polar surface area (TPSA) is 31.0 Å². The third-order valence-electron chi connectivity index (χ3n) is 3.33. The van der Waals surface area contributed by atoms with E-state index < -0.39 is 0 Å². The normalized spacial score (nSPS) is 30.8. The Labute approximate surface area is 95.3 Å². The van der Waals surface area contributed by atoms with Gasteiger partial charge in [0.1, 0.15) is 30.3 Å². The standard InChI is InChI=1S/C13H16O3/c1-8-9(2)16-13-5-10(3-4-12(8)13)14-6-11-7-15-11/h3-5,8-9,11H,6-7H2,1-2H3. The molecule has 1 fully saturated rings. The number of benzene rings is 1. The third-order valence-corrected chi connectivity index (χ3v) is 3.33. The van der Waals surface area contributed by atoms with Crippen molar-refractivity contribution >= 4 is 0 Å². The van der Waals surface area contributed by atoms with Gasteiger partial charge in [0.05, 0.1) is 6.61 Å². The molecule has 16 heavy (non-hydrogen) atoms. The van der Waals surface area contributed by atoms with Crippen LogP contribution in [0, 0.1) is 0 Å². The van der Waals surface area contributed by atoms with Gasteiger partial charge in [-0.05, 0) is 13.0 Å². The lowest BCUT2D eigenvalue weighted by atomic mass is 9.99. The number of ether oxygens (including phenoxy) is 3. The first-order valence-corrected chi connectivity index (χ1v) is 5.79. The maximum absolute atomic E-state index is 5.77. The molecule has 1 saturated heterocycles. The predicted molar refractivity (Wildman–Crippen MR) is 60.2 cm³/mol. The summed E-state index contributed by atoms with van der Waals surface area (Å²) < 4.78 is 16.5. The van der Waals surface area contributed by atoms with Crippen LogP contribution < -0.4 is 9.47 Å². The second kappa shape index (κ2) is 3.67. The van der Waals surface area contributed by atoms with E-state index in [0.29, 0.717) is 18.6 Å². The Hall–Kier alpha value is -1.22. The van der Waals surface area contributed by atoms with Crippen molar-refractivity contribution in [3.8, 4) is 11.5 Å². The van der Waals surface area contributed by atoms with Gasteiger partial charge in [0.15, 0.2) is 0 Å². The maximum atomic E-state index is 5.77. The summed E-state index contributed by atoms with van der Waals surface area (Å²) in [6.45, 7) is 5.76. The van der Waals surface area contributed by atoms with Gasteiger partial charge in [-0.15, -0.1) is 0 Å². The van der Waals surface area contributed by atoms with Gasteiger partial charge in [0.25, 0.3) is 0 Å². The molecular formula is C13H16O3. The highest BCUT2D eigenvalue weighted by Crippen LogP contribution is 2.39. The smallest absolute Gasteiger partial charge is 0.127 e. The molecule has 0 saturated carbocycles. The number of epoxide rings is 1. The van der Waals surface area contributed by atoms with Crippen molar-refractivity contribution in [2.45, 2.75) is 32.0 Å². The van der Waals surface area contributed by atoms with Crippen molar-refractivity contribution in [3.63, 3.8) is 0 Å². The molecule has 0 N–H and O–H groups in total. The van der Waals surface area contributed by atoms with Crippen LogP contribution >= 0.6 is 0 Å². The molecule has 3 atom stereocenters. The Kier molecular flexibility index (Phi) is 2.28. The average Bonchev–Trinajstić information content (AvgIpc) is 3.05. The lowest BCUT2D eigenvalue weighted by Crippen LogP contribution is -2.10. The van der Waals surface area contributed by atoms with Gasteiger partial charge in [-0.3, -0.25) is 0 Å². The number of rotatable bonds is 3. The predicted octanol–water partition coefficient (Wildman–Crippen LogP) is 2.35. The summed E-state index contributed by atoms with van der Waals surface area (Å²) in [7, 11) is 0. The quantitative estimate of drug-likeness (QED) is 0.733. The van der Waals surface area contributed by atoms with Crippen molar-refractivity contribution in [3.05, 3.63) is 23.8 Å². The van der Waals surface area contributed by atoms with Crippen molar-refractivity contribution in [1.82, 2.24) is 0 Å². The molecule has 2 aliphatic heterocycles. The van der Waals surface area contributed by atoms with Crippen LogP contribution in [0.1, 0.15) is 25.3 Å². The van der Waals surface area contributed by atoms with Crippen LogP contribution in [-0.2, 0) is 4.74 Å². The minimum atomic E-state index is 0.261. The number of fused-ring (bicyclic) bond motifs is 1. The van der Waals surface area contributed by atoms with Crippen LogP contribution in [0.2, 0.25) is 0 Å². The highest BCUT2D eigenvalue weighted by atomic mass is 16.6. The van der Waals surface area contributed by atoms with E-state index in [1.54, 1.807) is 0 Å². The first kappa shape index (κ1) is 9.97. The van der Waals surface area contributed by atoms with Gasteiger partial charge in [0.2, 0.25) is 0 Å². The molecule has 0 radical (unpaired) electrons. The number of hydrogen-bond donors (Lipinski definition) is 0. The Balaban J connectivity index is 1.75. The second-order valence-electron chi connectivity index (χ2n) is 4.58. The molecule has 0 amide bonds. The monoisotopic (exact) mass is 220 g/mol. The maximum Gasteiger partial charge on any atom is 0.127 e. The molecule has 2 heterocycles. The molecule has 3 heteroatoms. The Morgan fingerprint density at radius 2 is 2.19 bits per heavy atom. The van der Waals surface area contributed by atoms with Gasteiger partial charge >= 0.3 is 0 Å². The van der Waals surface area contributed by atoms with Gasteiger partial charge in [-0.1, -0.05) is 13.0 Å². The van der Waals surface area contributed by atoms with E-state index >= 15 is 0 Å². The van der Waals surface area contributed by atoms with Crippen molar-refractivity contribution < 1.29 is 14.2 Å². The molecule has 3 rings (SSSR count).